The summed E-state index contributed by atoms with van der Waals surface area (Å²) in [5, 5.41) is 20.0. The van der Waals surface area contributed by atoms with Gasteiger partial charge < -0.3 is 10.0 Å². The summed E-state index contributed by atoms with van der Waals surface area (Å²) < 4.78 is 0. The molecule has 0 aliphatic carbocycles. The van der Waals surface area contributed by atoms with Crippen LogP contribution in [0.1, 0.15) is 0 Å². The molecule has 0 bridgehead atoms. The number of pyridine rings is 1. The SMILES string of the molecule is OB(O)c1nc2ccccc2cc1-c1ccccc1. The fourth-order valence-electron chi connectivity index (χ4n) is 2.18. The number of benzene rings is 2. The summed E-state index contributed by atoms with van der Waals surface area (Å²) in [4.78, 5) is 4.35. The highest BCUT2D eigenvalue weighted by atomic mass is 16.4. The third kappa shape index (κ3) is 2.23. The van der Waals surface area contributed by atoms with E-state index < -0.39 is 7.12 Å². The molecule has 3 aromatic rings. The Morgan fingerprint density at radius 1 is 0.842 bits per heavy atom. The monoisotopic (exact) mass is 249 g/mol. The highest BCUT2D eigenvalue weighted by Gasteiger charge is 2.19. The third-order valence-electron chi connectivity index (χ3n) is 3.08. The highest BCUT2D eigenvalue weighted by Crippen LogP contribution is 2.21. The number of rotatable bonds is 2. The van der Waals surface area contributed by atoms with Gasteiger partial charge in [0, 0.05) is 10.9 Å². The van der Waals surface area contributed by atoms with Gasteiger partial charge in [0.05, 0.1) is 11.1 Å². The molecule has 0 unspecified atom stereocenters. The van der Waals surface area contributed by atoms with Crippen molar-refractivity contribution in [3.63, 3.8) is 0 Å². The van der Waals surface area contributed by atoms with Crippen LogP contribution < -0.4 is 5.59 Å². The van der Waals surface area contributed by atoms with Crippen LogP contribution in [-0.4, -0.2) is 22.2 Å². The summed E-state index contributed by atoms with van der Waals surface area (Å²) in [5.41, 5.74) is 2.70. The predicted molar refractivity (Wildman–Crippen MR) is 77.0 cm³/mol. The van der Waals surface area contributed by atoms with Crippen molar-refractivity contribution in [2.75, 3.05) is 0 Å². The Morgan fingerprint density at radius 2 is 1.53 bits per heavy atom. The van der Waals surface area contributed by atoms with Crippen LogP contribution in [0.5, 0.6) is 0 Å². The summed E-state index contributed by atoms with van der Waals surface area (Å²) in [6.45, 7) is 0. The first-order valence-corrected chi connectivity index (χ1v) is 6.07. The van der Waals surface area contributed by atoms with Crippen molar-refractivity contribution in [1.29, 1.82) is 0 Å². The fourth-order valence-corrected chi connectivity index (χ4v) is 2.18. The second-order valence-electron chi connectivity index (χ2n) is 4.35. The van der Waals surface area contributed by atoms with E-state index in [4.69, 9.17) is 0 Å². The number of aromatic nitrogens is 1. The molecule has 0 saturated carbocycles. The van der Waals surface area contributed by atoms with Gasteiger partial charge in [0.1, 0.15) is 0 Å². The number of para-hydroxylation sites is 1. The molecule has 1 heterocycles. The van der Waals surface area contributed by atoms with Crippen LogP contribution in [0.3, 0.4) is 0 Å². The Balaban J connectivity index is 2.30. The number of nitrogens with zero attached hydrogens (tertiary/aromatic N) is 1. The maximum atomic E-state index is 9.52. The first-order chi connectivity index (χ1) is 9.25. The van der Waals surface area contributed by atoms with Gasteiger partial charge >= 0.3 is 7.12 Å². The van der Waals surface area contributed by atoms with Gasteiger partial charge in [0.15, 0.2) is 0 Å². The van der Waals surface area contributed by atoms with E-state index in [0.717, 1.165) is 22.0 Å². The molecule has 0 aliphatic rings. The molecule has 0 atom stereocenters. The summed E-state index contributed by atoms with van der Waals surface area (Å²) in [6.07, 6.45) is 0. The average molecular weight is 249 g/mol. The zero-order valence-electron chi connectivity index (χ0n) is 10.2. The Bertz CT molecular complexity index is 714. The van der Waals surface area contributed by atoms with E-state index in [2.05, 4.69) is 4.98 Å². The molecule has 0 fully saturated rings. The van der Waals surface area contributed by atoms with E-state index in [1.807, 2.05) is 60.7 Å². The first-order valence-electron chi connectivity index (χ1n) is 6.07. The van der Waals surface area contributed by atoms with E-state index in [9.17, 15) is 10.0 Å². The van der Waals surface area contributed by atoms with Crippen LogP contribution in [0, 0.1) is 0 Å². The zero-order valence-corrected chi connectivity index (χ0v) is 10.2. The van der Waals surface area contributed by atoms with Crippen molar-refractivity contribution in [3.8, 4) is 11.1 Å². The Morgan fingerprint density at radius 3 is 2.26 bits per heavy atom. The van der Waals surface area contributed by atoms with E-state index in [0.29, 0.717) is 0 Å². The van der Waals surface area contributed by atoms with Gasteiger partial charge in [-0.05, 0) is 17.7 Å². The molecule has 0 radical (unpaired) electrons. The topological polar surface area (TPSA) is 53.4 Å². The molecule has 3 nitrogen and oxygen atoms in total. The summed E-state index contributed by atoms with van der Waals surface area (Å²) in [7, 11) is -1.58. The van der Waals surface area contributed by atoms with Crippen LogP contribution in [0.4, 0.5) is 0 Å². The summed E-state index contributed by atoms with van der Waals surface area (Å²) in [6, 6.07) is 19.2. The van der Waals surface area contributed by atoms with E-state index in [1.165, 1.54) is 0 Å². The molecule has 2 aromatic carbocycles. The molecule has 2 N–H and O–H groups in total. The predicted octanol–water partition coefficient (Wildman–Crippen LogP) is 1.58. The Kier molecular flexibility index (Phi) is 3.03. The largest absolute Gasteiger partial charge is 0.508 e. The molecule has 92 valence electrons. The van der Waals surface area contributed by atoms with Gasteiger partial charge in [0.25, 0.3) is 0 Å². The standard InChI is InChI=1S/C15H12BNO2/c18-16(19)15-13(11-6-2-1-3-7-11)10-12-8-4-5-9-14(12)17-15/h1-10,18-19H. The van der Waals surface area contributed by atoms with Crippen LogP contribution in [0.2, 0.25) is 0 Å². The van der Waals surface area contributed by atoms with Gasteiger partial charge in [-0.15, -0.1) is 0 Å². The molecule has 4 heteroatoms. The summed E-state index contributed by atoms with van der Waals surface area (Å²) >= 11 is 0. The molecular formula is C15H12BNO2. The van der Waals surface area contributed by atoms with Crippen LogP contribution in [0.25, 0.3) is 22.0 Å². The second kappa shape index (κ2) is 4.84. The van der Waals surface area contributed by atoms with Crippen molar-refractivity contribution < 1.29 is 10.0 Å². The normalized spacial score (nSPS) is 10.6. The lowest BCUT2D eigenvalue weighted by atomic mass is 9.79. The van der Waals surface area contributed by atoms with Crippen LogP contribution in [-0.2, 0) is 0 Å². The molecule has 0 amide bonds. The average Bonchev–Trinajstić information content (AvgIpc) is 2.46. The van der Waals surface area contributed by atoms with Crippen LogP contribution >= 0.6 is 0 Å². The zero-order chi connectivity index (χ0) is 13.2. The first kappa shape index (κ1) is 11.9. The third-order valence-corrected chi connectivity index (χ3v) is 3.08. The lowest BCUT2D eigenvalue weighted by Gasteiger charge is -2.10. The van der Waals surface area contributed by atoms with E-state index >= 15 is 0 Å². The molecule has 0 aliphatic heterocycles. The number of fused-ring (bicyclic) bond motifs is 1. The number of hydrogen-bond donors (Lipinski definition) is 2. The maximum absolute atomic E-state index is 9.52. The van der Waals surface area contributed by atoms with Crippen molar-refractivity contribution >= 4 is 23.6 Å². The van der Waals surface area contributed by atoms with Gasteiger partial charge in [0.2, 0.25) is 0 Å². The minimum absolute atomic E-state index is 0.282. The van der Waals surface area contributed by atoms with Crippen molar-refractivity contribution in [1.82, 2.24) is 4.98 Å². The Labute approximate surface area is 111 Å². The smallest absolute Gasteiger partial charge is 0.422 e. The molecule has 1 aromatic heterocycles. The molecule has 19 heavy (non-hydrogen) atoms. The molecule has 3 rings (SSSR count). The van der Waals surface area contributed by atoms with Crippen molar-refractivity contribution in [2.24, 2.45) is 0 Å². The molecule has 0 spiro atoms. The lowest BCUT2D eigenvalue weighted by molar-refractivity contribution is 0.424. The maximum Gasteiger partial charge on any atom is 0.508 e. The van der Waals surface area contributed by atoms with Crippen molar-refractivity contribution in [3.05, 3.63) is 60.7 Å². The minimum atomic E-state index is -1.58. The van der Waals surface area contributed by atoms with E-state index in [-0.39, 0.29) is 5.59 Å². The molecular weight excluding hydrogens is 237 g/mol. The van der Waals surface area contributed by atoms with Crippen LogP contribution in [0.15, 0.2) is 60.7 Å². The van der Waals surface area contributed by atoms with Gasteiger partial charge in [-0.25, -0.2) is 0 Å². The lowest BCUT2D eigenvalue weighted by Crippen LogP contribution is -2.34. The van der Waals surface area contributed by atoms with Gasteiger partial charge in [-0.1, -0.05) is 48.5 Å². The second-order valence-corrected chi connectivity index (χ2v) is 4.35. The van der Waals surface area contributed by atoms with E-state index in [1.54, 1.807) is 0 Å². The Hall–Kier alpha value is -2.17. The fraction of sp³-hybridized carbons (Fsp3) is 0. The van der Waals surface area contributed by atoms with Crippen molar-refractivity contribution in [2.45, 2.75) is 0 Å². The van der Waals surface area contributed by atoms with Gasteiger partial charge in [-0.2, -0.15) is 0 Å². The molecule has 0 saturated heterocycles. The highest BCUT2D eigenvalue weighted by molar-refractivity contribution is 6.59. The minimum Gasteiger partial charge on any atom is -0.422 e. The van der Waals surface area contributed by atoms with Gasteiger partial charge in [-0.3, -0.25) is 4.98 Å². The summed E-state index contributed by atoms with van der Waals surface area (Å²) in [5.74, 6) is 0. The quantitative estimate of drug-likeness (QED) is 0.678. The number of hydrogen-bond acceptors (Lipinski definition) is 3.